The van der Waals surface area contributed by atoms with Gasteiger partial charge in [-0.2, -0.15) is 0 Å². The quantitative estimate of drug-likeness (QED) is 0.143. The molecule has 0 unspecified atom stereocenters. The van der Waals surface area contributed by atoms with E-state index in [-0.39, 0.29) is 11.8 Å². The standard InChI is InChI=1S/C62H52N2O2/c1-35(2)45-23-25-49-47-13-9-11-15-55(47)65-61(49)59(45)63(43-31-37(5)29-38(6)32-43)53-27-19-41-18-22-52-54(28-20-42-17-21-51(53)57(41)58(42)52)64(44-33-39(7)30-40(8)34-44)60-46(36(3)4)24-26-50-48-14-10-12-16-56(48)66-62(50)60/h9-36H,1-8H3. The molecular formula is C62H52N2O2. The van der Waals surface area contributed by atoms with E-state index in [1.807, 2.05) is 0 Å². The van der Waals surface area contributed by atoms with Gasteiger partial charge in [0, 0.05) is 43.7 Å². The van der Waals surface area contributed by atoms with E-state index >= 15 is 0 Å². The Morgan fingerprint density at radius 2 is 0.727 bits per heavy atom. The number of anilines is 6. The summed E-state index contributed by atoms with van der Waals surface area (Å²) in [6, 6.07) is 58.4. The molecule has 10 aromatic carbocycles. The average Bonchev–Trinajstić information content (AvgIpc) is 3.87. The summed E-state index contributed by atoms with van der Waals surface area (Å²) in [5.74, 6) is 0.466. The van der Waals surface area contributed by atoms with Crippen LogP contribution in [0.4, 0.5) is 34.1 Å². The topological polar surface area (TPSA) is 32.8 Å². The van der Waals surface area contributed by atoms with Crippen LogP contribution in [0.5, 0.6) is 0 Å². The molecule has 0 N–H and O–H groups in total. The van der Waals surface area contributed by atoms with Gasteiger partial charge in [-0.15, -0.1) is 0 Å². The monoisotopic (exact) mass is 856 g/mol. The minimum atomic E-state index is 0.233. The molecule has 0 aliphatic carbocycles. The van der Waals surface area contributed by atoms with Crippen molar-refractivity contribution in [2.45, 2.75) is 67.2 Å². The smallest absolute Gasteiger partial charge is 0.159 e. The minimum absolute atomic E-state index is 0.233. The van der Waals surface area contributed by atoms with Gasteiger partial charge in [0.1, 0.15) is 11.2 Å². The van der Waals surface area contributed by atoms with Crippen molar-refractivity contribution in [1.82, 2.24) is 0 Å². The first-order chi connectivity index (χ1) is 32.0. The van der Waals surface area contributed by atoms with E-state index in [2.05, 4.69) is 223 Å². The van der Waals surface area contributed by atoms with E-state index in [0.717, 1.165) is 78.0 Å². The zero-order valence-corrected chi connectivity index (χ0v) is 38.9. The van der Waals surface area contributed by atoms with Gasteiger partial charge in [-0.1, -0.05) is 137 Å². The normalized spacial score (nSPS) is 12.2. The Balaban J connectivity index is 1.18. The fourth-order valence-electron chi connectivity index (χ4n) is 11.1. The van der Waals surface area contributed by atoms with E-state index in [1.165, 1.54) is 65.7 Å². The molecule has 0 aliphatic heterocycles. The van der Waals surface area contributed by atoms with Crippen LogP contribution in [0.1, 0.15) is 72.9 Å². The zero-order valence-electron chi connectivity index (χ0n) is 38.9. The van der Waals surface area contributed by atoms with Crippen molar-refractivity contribution in [3.63, 3.8) is 0 Å². The van der Waals surface area contributed by atoms with Crippen molar-refractivity contribution >= 4 is 110 Å². The lowest BCUT2D eigenvalue weighted by molar-refractivity contribution is 0.667. The Kier molecular flexibility index (Phi) is 9.09. The van der Waals surface area contributed by atoms with Crippen LogP contribution in [0, 0.1) is 27.7 Å². The molecule has 0 amide bonds. The van der Waals surface area contributed by atoms with Gasteiger partial charge in [0.25, 0.3) is 0 Å². The van der Waals surface area contributed by atoms with Crippen LogP contribution >= 0.6 is 0 Å². The second kappa shape index (κ2) is 15.0. The Bertz CT molecular complexity index is 3610. The summed E-state index contributed by atoms with van der Waals surface area (Å²) in [5, 5.41) is 11.8. The highest BCUT2D eigenvalue weighted by atomic mass is 16.3. The number of hydrogen-bond donors (Lipinski definition) is 0. The average molecular weight is 857 g/mol. The van der Waals surface area contributed by atoms with Gasteiger partial charge in [0.15, 0.2) is 11.2 Å². The van der Waals surface area contributed by atoms with Crippen LogP contribution in [-0.4, -0.2) is 0 Å². The molecule has 2 heterocycles. The van der Waals surface area contributed by atoms with Gasteiger partial charge in [-0.05, 0) is 143 Å². The summed E-state index contributed by atoms with van der Waals surface area (Å²) in [7, 11) is 0. The van der Waals surface area contributed by atoms with Crippen LogP contribution in [0.2, 0.25) is 0 Å². The van der Waals surface area contributed by atoms with Gasteiger partial charge >= 0.3 is 0 Å². The van der Waals surface area contributed by atoms with Gasteiger partial charge in [0.2, 0.25) is 0 Å². The third-order valence-electron chi connectivity index (χ3n) is 13.8. The van der Waals surface area contributed by atoms with Crippen LogP contribution in [0.15, 0.2) is 167 Å². The number of rotatable bonds is 8. The first-order valence-electron chi connectivity index (χ1n) is 23.4. The van der Waals surface area contributed by atoms with Crippen molar-refractivity contribution in [1.29, 1.82) is 0 Å². The SMILES string of the molecule is Cc1cc(C)cc(N(c2ccc3ccc4c(N(c5cc(C)cc(C)c5)c5c(C(C)C)ccc6c5oc5ccccc56)ccc5ccc2c3c54)c2c(C(C)C)ccc3c2oc2ccccc23)c1. The number of furan rings is 2. The molecule has 0 saturated heterocycles. The lowest BCUT2D eigenvalue weighted by Crippen LogP contribution is -2.15. The minimum Gasteiger partial charge on any atom is -0.454 e. The van der Waals surface area contributed by atoms with E-state index < -0.39 is 0 Å². The maximum atomic E-state index is 6.95. The zero-order chi connectivity index (χ0) is 45.1. The summed E-state index contributed by atoms with van der Waals surface area (Å²) < 4.78 is 13.9. The highest BCUT2D eigenvalue weighted by molar-refractivity contribution is 6.29. The number of benzene rings is 10. The molecule has 66 heavy (non-hydrogen) atoms. The Hall–Kier alpha value is -7.56. The van der Waals surface area contributed by atoms with Gasteiger partial charge < -0.3 is 18.6 Å². The van der Waals surface area contributed by atoms with Crippen LogP contribution < -0.4 is 9.80 Å². The lowest BCUT2D eigenvalue weighted by atomic mass is 9.90. The van der Waals surface area contributed by atoms with Gasteiger partial charge in [-0.3, -0.25) is 0 Å². The molecule has 12 rings (SSSR count). The first kappa shape index (κ1) is 40.0. The molecular weight excluding hydrogens is 805 g/mol. The van der Waals surface area contributed by atoms with E-state index in [1.54, 1.807) is 0 Å². The predicted octanol–water partition coefficient (Wildman–Crippen LogP) is 18.8. The highest BCUT2D eigenvalue weighted by Gasteiger charge is 2.29. The molecule has 4 heteroatoms. The molecule has 2 aromatic heterocycles. The van der Waals surface area contributed by atoms with Crippen molar-refractivity contribution in [3.05, 3.63) is 191 Å². The molecule has 0 atom stereocenters. The van der Waals surface area contributed by atoms with Crippen molar-refractivity contribution in [2.24, 2.45) is 0 Å². The molecule has 0 saturated carbocycles. The summed E-state index contributed by atoms with van der Waals surface area (Å²) in [4.78, 5) is 4.98. The van der Waals surface area contributed by atoms with Crippen molar-refractivity contribution in [3.8, 4) is 0 Å². The number of nitrogens with zero attached hydrogens (tertiary/aromatic N) is 2. The third kappa shape index (κ3) is 6.11. The molecule has 0 bridgehead atoms. The predicted molar refractivity (Wildman–Crippen MR) is 281 cm³/mol. The van der Waals surface area contributed by atoms with E-state index in [4.69, 9.17) is 8.83 Å². The fourth-order valence-corrected chi connectivity index (χ4v) is 11.1. The van der Waals surface area contributed by atoms with Gasteiger partial charge in [0.05, 0.1) is 22.7 Å². The summed E-state index contributed by atoms with van der Waals surface area (Å²) in [5.41, 5.74) is 17.5. The second-order valence-electron chi connectivity index (χ2n) is 19.2. The maximum absolute atomic E-state index is 6.95. The number of fused-ring (bicyclic) bond motifs is 6. The molecule has 0 spiro atoms. The van der Waals surface area contributed by atoms with Crippen LogP contribution in [0.3, 0.4) is 0 Å². The number of para-hydroxylation sites is 2. The fraction of sp³-hybridized carbons (Fsp3) is 0.161. The van der Waals surface area contributed by atoms with E-state index in [9.17, 15) is 0 Å². The Labute approximate surface area is 385 Å². The summed E-state index contributed by atoms with van der Waals surface area (Å²) >= 11 is 0. The molecule has 12 aromatic rings. The van der Waals surface area contributed by atoms with Crippen molar-refractivity contribution < 1.29 is 8.83 Å². The molecule has 0 radical (unpaired) electrons. The number of aryl methyl sites for hydroxylation is 4. The molecule has 0 aliphatic rings. The van der Waals surface area contributed by atoms with Crippen molar-refractivity contribution in [2.75, 3.05) is 9.80 Å². The summed E-state index contributed by atoms with van der Waals surface area (Å²) in [6.07, 6.45) is 0. The van der Waals surface area contributed by atoms with Crippen LogP contribution in [-0.2, 0) is 0 Å². The van der Waals surface area contributed by atoms with Crippen LogP contribution in [0.25, 0.3) is 76.2 Å². The Morgan fingerprint density at radius 1 is 0.364 bits per heavy atom. The highest BCUT2D eigenvalue weighted by Crippen LogP contribution is 2.53. The first-order valence-corrected chi connectivity index (χ1v) is 23.4. The maximum Gasteiger partial charge on any atom is 0.159 e. The van der Waals surface area contributed by atoms with E-state index in [0.29, 0.717) is 0 Å². The third-order valence-corrected chi connectivity index (χ3v) is 13.8. The summed E-state index contributed by atoms with van der Waals surface area (Å²) in [6.45, 7) is 17.9. The molecule has 322 valence electrons. The molecule has 0 fully saturated rings. The largest absolute Gasteiger partial charge is 0.454 e. The second-order valence-corrected chi connectivity index (χ2v) is 19.2. The van der Waals surface area contributed by atoms with Gasteiger partial charge in [-0.25, -0.2) is 0 Å². The number of hydrogen-bond acceptors (Lipinski definition) is 4. The Morgan fingerprint density at radius 3 is 1.12 bits per heavy atom. The lowest BCUT2D eigenvalue weighted by Gasteiger charge is -2.32. The molecule has 4 nitrogen and oxygen atoms in total.